The molecule has 94 valence electrons. The predicted octanol–water partition coefficient (Wildman–Crippen LogP) is 0.580. The van der Waals surface area contributed by atoms with E-state index in [-0.39, 0.29) is 0 Å². The first-order valence-electron chi connectivity index (χ1n) is 5.87. The largest absolute Gasteiger partial charge is 0.343 e. The standard InChI is InChI=1S/C11H18BrN5/c1-16(11-14-8-10(12)9-15-11)6-7-17-4-2-13-3-5-17/h8-9,13H,2-7H2,1H3. The summed E-state index contributed by atoms with van der Waals surface area (Å²) in [5, 5.41) is 3.36. The zero-order valence-corrected chi connectivity index (χ0v) is 11.7. The zero-order chi connectivity index (χ0) is 12.1. The van der Waals surface area contributed by atoms with Crippen molar-refractivity contribution in [1.82, 2.24) is 20.2 Å². The van der Waals surface area contributed by atoms with Gasteiger partial charge in [0.2, 0.25) is 5.95 Å². The van der Waals surface area contributed by atoms with Gasteiger partial charge in [0, 0.05) is 58.7 Å². The van der Waals surface area contributed by atoms with Crippen LogP contribution in [0.3, 0.4) is 0 Å². The molecule has 1 aromatic rings. The van der Waals surface area contributed by atoms with E-state index >= 15 is 0 Å². The molecular formula is C11H18BrN5. The van der Waals surface area contributed by atoms with Crippen LogP contribution in [-0.2, 0) is 0 Å². The molecule has 0 amide bonds. The third kappa shape index (κ3) is 3.90. The quantitative estimate of drug-likeness (QED) is 0.881. The first-order valence-corrected chi connectivity index (χ1v) is 6.67. The monoisotopic (exact) mass is 299 g/mol. The van der Waals surface area contributed by atoms with Gasteiger partial charge in [0.15, 0.2) is 0 Å². The van der Waals surface area contributed by atoms with Crippen LogP contribution in [0, 0.1) is 0 Å². The normalized spacial score (nSPS) is 17.1. The van der Waals surface area contributed by atoms with Crippen molar-refractivity contribution in [3.05, 3.63) is 16.9 Å². The second-order valence-corrected chi connectivity index (χ2v) is 5.13. The summed E-state index contributed by atoms with van der Waals surface area (Å²) in [7, 11) is 2.03. The number of piperazine rings is 1. The van der Waals surface area contributed by atoms with Crippen molar-refractivity contribution in [2.75, 3.05) is 51.2 Å². The Morgan fingerprint density at radius 3 is 2.65 bits per heavy atom. The van der Waals surface area contributed by atoms with Crippen molar-refractivity contribution in [3.63, 3.8) is 0 Å². The Balaban J connectivity index is 1.80. The van der Waals surface area contributed by atoms with Crippen LogP contribution in [0.1, 0.15) is 0 Å². The predicted molar refractivity (Wildman–Crippen MR) is 72.3 cm³/mol. The maximum absolute atomic E-state index is 4.28. The van der Waals surface area contributed by atoms with Crippen molar-refractivity contribution in [1.29, 1.82) is 0 Å². The average Bonchev–Trinajstić information content (AvgIpc) is 2.38. The molecule has 1 aliphatic heterocycles. The summed E-state index contributed by atoms with van der Waals surface area (Å²) >= 11 is 3.34. The minimum atomic E-state index is 0.781. The lowest BCUT2D eigenvalue weighted by atomic mass is 10.3. The van der Waals surface area contributed by atoms with Gasteiger partial charge in [-0.1, -0.05) is 0 Å². The van der Waals surface area contributed by atoms with Crippen molar-refractivity contribution in [3.8, 4) is 0 Å². The van der Waals surface area contributed by atoms with Crippen LogP contribution in [0.2, 0.25) is 0 Å². The summed E-state index contributed by atoms with van der Waals surface area (Å²) in [6, 6.07) is 0. The molecule has 6 heteroatoms. The Morgan fingerprint density at radius 2 is 2.00 bits per heavy atom. The van der Waals surface area contributed by atoms with E-state index in [4.69, 9.17) is 0 Å². The fraction of sp³-hybridized carbons (Fsp3) is 0.636. The van der Waals surface area contributed by atoms with Crippen LogP contribution < -0.4 is 10.2 Å². The Kier molecular flexibility index (Phi) is 4.70. The number of hydrogen-bond donors (Lipinski definition) is 1. The summed E-state index contributed by atoms with van der Waals surface area (Å²) in [5.41, 5.74) is 0. The lowest BCUT2D eigenvalue weighted by Gasteiger charge is -2.29. The number of halogens is 1. The van der Waals surface area contributed by atoms with Crippen LogP contribution in [-0.4, -0.2) is 61.2 Å². The second kappa shape index (κ2) is 6.28. The Hall–Kier alpha value is -0.720. The summed E-state index contributed by atoms with van der Waals surface area (Å²) in [6.07, 6.45) is 3.56. The molecule has 0 spiro atoms. The molecular weight excluding hydrogens is 282 g/mol. The highest BCUT2D eigenvalue weighted by molar-refractivity contribution is 9.10. The molecule has 1 aromatic heterocycles. The number of nitrogens with zero attached hydrogens (tertiary/aromatic N) is 4. The molecule has 0 aliphatic carbocycles. The van der Waals surface area contributed by atoms with Gasteiger partial charge in [-0.3, -0.25) is 4.90 Å². The Morgan fingerprint density at radius 1 is 1.35 bits per heavy atom. The summed E-state index contributed by atoms with van der Waals surface area (Å²) in [5.74, 6) is 0.781. The Bertz CT molecular complexity index is 336. The van der Waals surface area contributed by atoms with E-state index in [2.05, 4.69) is 41.0 Å². The SMILES string of the molecule is CN(CCN1CCNCC1)c1ncc(Br)cn1. The van der Waals surface area contributed by atoms with Gasteiger partial charge in [-0.25, -0.2) is 9.97 Å². The van der Waals surface area contributed by atoms with Crippen molar-refractivity contribution >= 4 is 21.9 Å². The molecule has 1 N–H and O–H groups in total. The van der Waals surface area contributed by atoms with E-state index in [1.54, 1.807) is 12.4 Å². The van der Waals surface area contributed by atoms with Crippen LogP contribution in [0.15, 0.2) is 16.9 Å². The first kappa shape index (κ1) is 12.7. The molecule has 2 rings (SSSR count). The molecule has 1 fully saturated rings. The van der Waals surface area contributed by atoms with Gasteiger partial charge in [-0.2, -0.15) is 0 Å². The summed E-state index contributed by atoms with van der Waals surface area (Å²) < 4.78 is 0.914. The second-order valence-electron chi connectivity index (χ2n) is 4.21. The topological polar surface area (TPSA) is 44.3 Å². The van der Waals surface area contributed by atoms with Gasteiger partial charge >= 0.3 is 0 Å². The zero-order valence-electron chi connectivity index (χ0n) is 10.1. The molecule has 0 unspecified atom stereocenters. The molecule has 1 aliphatic rings. The van der Waals surface area contributed by atoms with Gasteiger partial charge < -0.3 is 10.2 Å². The van der Waals surface area contributed by atoms with Crippen molar-refractivity contribution in [2.45, 2.75) is 0 Å². The number of nitrogens with one attached hydrogen (secondary N) is 1. The summed E-state index contributed by atoms with van der Waals surface area (Å²) in [6.45, 7) is 6.49. The minimum absolute atomic E-state index is 0.781. The Labute approximate surface area is 110 Å². The van der Waals surface area contributed by atoms with E-state index < -0.39 is 0 Å². The van der Waals surface area contributed by atoms with Gasteiger partial charge in [0.25, 0.3) is 0 Å². The third-order valence-electron chi connectivity index (χ3n) is 2.91. The van der Waals surface area contributed by atoms with E-state index in [9.17, 15) is 0 Å². The van der Waals surface area contributed by atoms with Crippen LogP contribution in [0.25, 0.3) is 0 Å². The maximum atomic E-state index is 4.28. The highest BCUT2D eigenvalue weighted by Gasteiger charge is 2.11. The molecule has 5 nitrogen and oxygen atoms in total. The minimum Gasteiger partial charge on any atom is -0.343 e. The van der Waals surface area contributed by atoms with E-state index in [1.807, 2.05) is 7.05 Å². The highest BCUT2D eigenvalue weighted by Crippen LogP contribution is 2.09. The molecule has 1 saturated heterocycles. The van der Waals surface area contributed by atoms with Gasteiger partial charge in [0.05, 0.1) is 4.47 Å². The molecule has 0 aromatic carbocycles. The van der Waals surface area contributed by atoms with Crippen molar-refractivity contribution in [2.24, 2.45) is 0 Å². The molecule has 0 atom stereocenters. The van der Waals surface area contributed by atoms with Crippen LogP contribution in [0.4, 0.5) is 5.95 Å². The van der Waals surface area contributed by atoms with Crippen LogP contribution in [0.5, 0.6) is 0 Å². The number of hydrogen-bond acceptors (Lipinski definition) is 5. The van der Waals surface area contributed by atoms with E-state index in [1.165, 1.54) is 0 Å². The molecule has 2 heterocycles. The highest BCUT2D eigenvalue weighted by atomic mass is 79.9. The van der Waals surface area contributed by atoms with Gasteiger partial charge in [-0.15, -0.1) is 0 Å². The van der Waals surface area contributed by atoms with Gasteiger partial charge in [0.1, 0.15) is 0 Å². The van der Waals surface area contributed by atoms with Gasteiger partial charge in [-0.05, 0) is 15.9 Å². The molecule has 17 heavy (non-hydrogen) atoms. The number of aromatic nitrogens is 2. The number of anilines is 1. The lowest BCUT2D eigenvalue weighted by Crippen LogP contribution is -2.46. The molecule has 0 saturated carbocycles. The number of rotatable bonds is 4. The lowest BCUT2D eigenvalue weighted by molar-refractivity contribution is 0.246. The fourth-order valence-corrected chi connectivity index (χ4v) is 2.03. The first-order chi connectivity index (χ1) is 8.25. The van der Waals surface area contributed by atoms with Crippen molar-refractivity contribution < 1.29 is 0 Å². The molecule has 0 bridgehead atoms. The van der Waals surface area contributed by atoms with E-state index in [0.29, 0.717) is 0 Å². The average molecular weight is 300 g/mol. The smallest absolute Gasteiger partial charge is 0.225 e. The third-order valence-corrected chi connectivity index (χ3v) is 3.32. The maximum Gasteiger partial charge on any atom is 0.225 e. The van der Waals surface area contributed by atoms with E-state index in [0.717, 1.165) is 49.7 Å². The summed E-state index contributed by atoms with van der Waals surface area (Å²) in [4.78, 5) is 13.1. The van der Waals surface area contributed by atoms with Crippen LogP contribution >= 0.6 is 15.9 Å². The fourth-order valence-electron chi connectivity index (χ4n) is 1.83. The number of likely N-dealkylation sites (N-methyl/N-ethyl adjacent to an activating group) is 1. The molecule has 0 radical (unpaired) electrons.